The molecule has 1 aromatic rings. The summed E-state index contributed by atoms with van der Waals surface area (Å²) in [4.78, 5) is 14.3. The van der Waals surface area contributed by atoms with Gasteiger partial charge in [-0.1, -0.05) is 17.9 Å². The van der Waals surface area contributed by atoms with E-state index in [2.05, 4.69) is 11.8 Å². The zero-order chi connectivity index (χ0) is 13.8. The number of hydrogen-bond acceptors (Lipinski definition) is 2. The van der Waals surface area contributed by atoms with Gasteiger partial charge in [-0.2, -0.15) is 0 Å². The van der Waals surface area contributed by atoms with Crippen LogP contribution in [0.2, 0.25) is 0 Å². The van der Waals surface area contributed by atoms with E-state index in [0.29, 0.717) is 17.2 Å². The molecule has 0 saturated heterocycles. The van der Waals surface area contributed by atoms with E-state index in [1.54, 1.807) is 0 Å². The number of carbonyl (C=O) groups excluding carboxylic acids is 1. The Labute approximate surface area is 114 Å². The second kappa shape index (κ2) is 5.90. The van der Waals surface area contributed by atoms with Crippen molar-refractivity contribution >= 4 is 5.91 Å². The first-order chi connectivity index (χ1) is 9.13. The minimum absolute atomic E-state index is 0.0203. The summed E-state index contributed by atoms with van der Waals surface area (Å²) in [5.74, 6) is 5.51. The van der Waals surface area contributed by atoms with E-state index in [-0.39, 0.29) is 12.5 Å². The molecule has 0 aromatic heterocycles. The number of benzene rings is 1. The van der Waals surface area contributed by atoms with Gasteiger partial charge in [0.05, 0.1) is 5.56 Å². The lowest BCUT2D eigenvalue weighted by molar-refractivity contribution is 0.0651. The molecule has 0 atom stereocenters. The van der Waals surface area contributed by atoms with Gasteiger partial charge in [-0.15, -0.1) is 0 Å². The molecule has 100 valence electrons. The van der Waals surface area contributed by atoms with Gasteiger partial charge >= 0.3 is 0 Å². The fraction of sp³-hybridized carbons (Fsp3) is 0.438. The van der Waals surface area contributed by atoms with Crippen LogP contribution in [0.3, 0.4) is 0 Å². The highest BCUT2D eigenvalue weighted by molar-refractivity contribution is 5.97. The number of carbonyl (C=O) groups is 1. The van der Waals surface area contributed by atoms with Crippen LogP contribution in [0.5, 0.6) is 0 Å². The van der Waals surface area contributed by atoms with Gasteiger partial charge < -0.3 is 10.0 Å². The lowest BCUT2D eigenvalue weighted by Crippen LogP contribution is -2.41. The topological polar surface area (TPSA) is 40.5 Å². The van der Waals surface area contributed by atoms with E-state index < -0.39 is 0 Å². The number of aliphatic hydroxyl groups is 1. The van der Waals surface area contributed by atoms with E-state index in [0.717, 1.165) is 18.4 Å². The lowest BCUT2D eigenvalue weighted by atomic mass is 9.91. The summed E-state index contributed by atoms with van der Waals surface area (Å²) in [5, 5.41) is 8.80. The van der Waals surface area contributed by atoms with Crippen molar-refractivity contribution in [1.82, 2.24) is 4.90 Å². The van der Waals surface area contributed by atoms with Gasteiger partial charge in [-0.3, -0.25) is 4.79 Å². The molecule has 0 unspecified atom stereocenters. The Balaban J connectivity index is 2.29. The van der Waals surface area contributed by atoms with Crippen molar-refractivity contribution in [3.63, 3.8) is 0 Å². The molecule has 0 radical (unpaired) electrons. The summed E-state index contributed by atoms with van der Waals surface area (Å²) in [6.07, 6.45) is 3.38. The first-order valence-corrected chi connectivity index (χ1v) is 6.61. The molecule has 3 nitrogen and oxygen atoms in total. The molecule has 1 aliphatic carbocycles. The third kappa shape index (κ3) is 2.97. The van der Waals surface area contributed by atoms with Crippen molar-refractivity contribution < 1.29 is 9.90 Å². The van der Waals surface area contributed by atoms with Crippen LogP contribution >= 0.6 is 0 Å². The number of nitrogens with zero attached hydrogens (tertiary/aromatic N) is 1. The predicted octanol–water partition coefficient (Wildman–Crippen LogP) is 1.96. The first kappa shape index (κ1) is 13.6. The van der Waals surface area contributed by atoms with Crippen molar-refractivity contribution in [2.45, 2.75) is 32.2 Å². The standard InChI is InChI=1S/C16H19NO2/c1-12-8-9-15(13(11-12)5-4-10-18)16(19)17(2)14-6-3-7-14/h8-9,11,14,18H,3,6-7,10H2,1-2H3. The highest BCUT2D eigenvalue weighted by Gasteiger charge is 2.27. The van der Waals surface area contributed by atoms with Gasteiger partial charge in [0.2, 0.25) is 0 Å². The SMILES string of the molecule is Cc1ccc(C(=O)N(C)C2CCC2)c(C#CCO)c1. The molecule has 2 rings (SSSR count). The van der Waals surface area contributed by atoms with Gasteiger partial charge in [0.1, 0.15) is 6.61 Å². The molecule has 3 heteroatoms. The van der Waals surface area contributed by atoms with Crippen LogP contribution < -0.4 is 0 Å². The predicted molar refractivity (Wildman–Crippen MR) is 74.9 cm³/mol. The summed E-state index contributed by atoms with van der Waals surface area (Å²) < 4.78 is 0. The third-order valence-electron chi connectivity index (χ3n) is 3.65. The molecular weight excluding hydrogens is 238 g/mol. The summed E-state index contributed by atoms with van der Waals surface area (Å²) in [7, 11) is 1.86. The first-order valence-electron chi connectivity index (χ1n) is 6.61. The van der Waals surface area contributed by atoms with Crippen molar-refractivity contribution in [1.29, 1.82) is 0 Å². The molecule has 0 spiro atoms. The number of aryl methyl sites for hydroxylation is 1. The second-order valence-corrected chi connectivity index (χ2v) is 5.01. The van der Waals surface area contributed by atoms with Crippen LogP contribution in [0.15, 0.2) is 18.2 Å². The van der Waals surface area contributed by atoms with E-state index in [1.165, 1.54) is 6.42 Å². The summed E-state index contributed by atoms with van der Waals surface area (Å²) in [5.41, 5.74) is 2.39. The number of hydrogen-bond donors (Lipinski definition) is 1. The quantitative estimate of drug-likeness (QED) is 0.823. The average Bonchev–Trinajstić information content (AvgIpc) is 2.33. The highest BCUT2D eigenvalue weighted by Crippen LogP contribution is 2.25. The Morgan fingerprint density at radius 1 is 1.47 bits per heavy atom. The van der Waals surface area contributed by atoms with Crippen LogP contribution in [-0.4, -0.2) is 35.6 Å². The zero-order valence-electron chi connectivity index (χ0n) is 11.4. The van der Waals surface area contributed by atoms with Gasteiger partial charge in [-0.25, -0.2) is 0 Å². The summed E-state index contributed by atoms with van der Waals surface area (Å²) in [6, 6.07) is 6.01. The lowest BCUT2D eigenvalue weighted by Gasteiger charge is -2.35. The molecule has 1 saturated carbocycles. The maximum Gasteiger partial charge on any atom is 0.255 e. The molecule has 1 aromatic carbocycles. The van der Waals surface area contributed by atoms with E-state index in [1.807, 2.05) is 37.1 Å². The highest BCUT2D eigenvalue weighted by atomic mass is 16.2. The van der Waals surface area contributed by atoms with Gasteiger partial charge in [0, 0.05) is 18.7 Å². The Bertz CT molecular complexity index is 535. The van der Waals surface area contributed by atoms with E-state index in [9.17, 15) is 4.79 Å². The van der Waals surface area contributed by atoms with Crippen LogP contribution in [0.4, 0.5) is 0 Å². The van der Waals surface area contributed by atoms with Crippen molar-refractivity contribution in [3.05, 3.63) is 34.9 Å². The van der Waals surface area contributed by atoms with Crippen LogP contribution in [0.25, 0.3) is 0 Å². The summed E-state index contributed by atoms with van der Waals surface area (Å²) >= 11 is 0. The minimum atomic E-state index is -0.194. The molecule has 19 heavy (non-hydrogen) atoms. The minimum Gasteiger partial charge on any atom is -0.384 e. The maximum absolute atomic E-state index is 12.5. The molecule has 1 N–H and O–H groups in total. The van der Waals surface area contributed by atoms with Crippen LogP contribution in [-0.2, 0) is 0 Å². The Morgan fingerprint density at radius 2 is 2.21 bits per heavy atom. The van der Waals surface area contributed by atoms with Crippen LogP contribution in [0.1, 0.15) is 40.7 Å². The van der Waals surface area contributed by atoms with Crippen LogP contribution in [0, 0.1) is 18.8 Å². The molecule has 0 heterocycles. The van der Waals surface area contributed by atoms with E-state index in [4.69, 9.17) is 5.11 Å². The monoisotopic (exact) mass is 257 g/mol. The number of rotatable bonds is 2. The fourth-order valence-electron chi connectivity index (χ4n) is 2.21. The Morgan fingerprint density at radius 3 is 2.79 bits per heavy atom. The molecule has 0 aliphatic heterocycles. The molecule has 1 aliphatic rings. The number of amides is 1. The second-order valence-electron chi connectivity index (χ2n) is 5.01. The largest absolute Gasteiger partial charge is 0.384 e. The molecule has 0 bridgehead atoms. The van der Waals surface area contributed by atoms with Crippen molar-refractivity contribution in [2.75, 3.05) is 13.7 Å². The Kier molecular flexibility index (Phi) is 4.24. The Hall–Kier alpha value is -1.79. The third-order valence-corrected chi connectivity index (χ3v) is 3.65. The van der Waals surface area contributed by atoms with Crippen molar-refractivity contribution in [3.8, 4) is 11.8 Å². The smallest absolute Gasteiger partial charge is 0.255 e. The van der Waals surface area contributed by atoms with Gasteiger partial charge in [-0.05, 0) is 43.9 Å². The van der Waals surface area contributed by atoms with Gasteiger partial charge in [0.25, 0.3) is 5.91 Å². The molecular formula is C16H19NO2. The zero-order valence-corrected chi connectivity index (χ0v) is 11.4. The van der Waals surface area contributed by atoms with E-state index >= 15 is 0 Å². The average molecular weight is 257 g/mol. The maximum atomic E-state index is 12.5. The fourth-order valence-corrected chi connectivity index (χ4v) is 2.21. The normalized spacial score (nSPS) is 14.3. The molecule has 1 fully saturated rings. The van der Waals surface area contributed by atoms with Gasteiger partial charge in [0.15, 0.2) is 0 Å². The molecule has 1 amide bonds. The number of aliphatic hydroxyl groups excluding tert-OH is 1. The summed E-state index contributed by atoms with van der Waals surface area (Å²) in [6.45, 7) is 1.77. The van der Waals surface area contributed by atoms with Crippen molar-refractivity contribution in [2.24, 2.45) is 0 Å².